The SMILES string of the molecule is C=CCC(=O)[O-].[Na+]. The van der Waals surface area contributed by atoms with Crippen LogP contribution in [0.2, 0.25) is 0 Å². The van der Waals surface area contributed by atoms with Crippen LogP contribution in [0.4, 0.5) is 0 Å². The molecule has 3 heteroatoms. The summed E-state index contributed by atoms with van der Waals surface area (Å²) in [5.74, 6) is -1.08. The Labute approximate surface area is 64.5 Å². The summed E-state index contributed by atoms with van der Waals surface area (Å²) in [5, 5.41) is 9.42. The number of carboxylic acid groups (broad SMARTS) is 1. The normalized spacial score (nSPS) is 6.29. The quantitative estimate of drug-likeness (QED) is 0.270. The maximum atomic E-state index is 9.42. The molecule has 0 aromatic rings. The summed E-state index contributed by atoms with van der Waals surface area (Å²) in [6.07, 6.45) is 1.23. The molecule has 0 heterocycles. The van der Waals surface area contributed by atoms with E-state index in [4.69, 9.17) is 0 Å². The van der Waals surface area contributed by atoms with E-state index in [0.717, 1.165) is 0 Å². The zero-order valence-corrected chi connectivity index (χ0v) is 6.31. The molecule has 2 nitrogen and oxygen atoms in total. The number of hydrogen-bond acceptors (Lipinski definition) is 2. The molecule has 0 saturated heterocycles. The van der Waals surface area contributed by atoms with Crippen molar-refractivity contribution >= 4 is 5.97 Å². The van der Waals surface area contributed by atoms with Gasteiger partial charge in [0.15, 0.2) is 0 Å². The van der Waals surface area contributed by atoms with E-state index in [1.807, 2.05) is 0 Å². The first-order valence-corrected chi connectivity index (χ1v) is 1.58. The predicted molar refractivity (Wildman–Crippen MR) is 19.8 cm³/mol. The molecule has 0 fully saturated rings. The molecule has 0 rings (SSSR count). The van der Waals surface area contributed by atoms with Crippen LogP contribution in [0.5, 0.6) is 0 Å². The second-order valence-electron chi connectivity index (χ2n) is 0.865. The van der Waals surface area contributed by atoms with Crippen molar-refractivity contribution in [3.63, 3.8) is 0 Å². The Morgan fingerprint density at radius 2 is 2.29 bits per heavy atom. The molecule has 0 atom stereocenters. The van der Waals surface area contributed by atoms with E-state index in [0.29, 0.717) is 0 Å². The number of carbonyl (C=O) groups is 1. The van der Waals surface area contributed by atoms with Crippen LogP contribution in [0.3, 0.4) is 0 Å². The molecule has 34 valence electrons. The van der Waals surface area contributed by atoms with Crippen LogP contribution in [0.1, 0.15) is 6.42 Å². The molecule has 0 aromatic carbocycles. The minimum atomic E-state index is -1.08. The van der Waals surface area contributed by atoms with Crippen molar-refractivity contribution in [2.75, 3.05) is 0 Å². The van der Waals surface area contributed by atoms with Crippen LogP contribution in [-0.2, 0) is 4.79 Å². The molecule has 0 aliphatic rings. The average Bonchev–Trinajstić information content (AvgIpc) is 1.35. The monoisotopic (exact) mass is 108 g/mol. The minimum absolute atomic E-state index is 0. The van der Waals surface area contributed by atoms with Gasteiger partial charge in [0.1, 0.15) is 0 Å². The van der Waals surface area contributed by atoms with Crippen LogP contribution in [-0.4, -0.2) is 5.97 Å². The molecule has 0 unspecified atom stereocenters. The summed E-state index contributed by atoms with van der Waals surface area (Å²) >= 11 is 0. The summed E-state index contributed by atoms with van der Waals surface area (Å²) in [6.45, 7) is 3.18. The number of carbonyl (C=O) groups excluding carboxylic acids is 1. The molecule has 0 saturated carbocycles. The Balaban J connectivity index is 0. The summed E-state index contributed by atoms with van der Waals surface area (Å²) in [7, 11) is 0. The smallest absolute Gasteiger partial charge is 0.550 e. The maximum absolute atomic E-state index is 9.42. The van der Waals surface area contributed by atoms with Crippen molar-refractivity contribution in [1.82, 2.24) is 0 Å². The number of hydrogen-bond donors (Lipinski definition) is 0. The van der Waals surface area contributed by atoms with E-state index < -0.39 is 5.97 Å². The molecule has 0 aliphatic carbocycles. The van der Waals surface area contributed by atoms with Crippen LogP contribution in [0.25, 0.3) is 0 Å². The topological polar surface area (TPSA) is 40.1 Å². The largest absolute Gasteiger partial charge is 1.00 e. The van der Waals surface area contributed by atoms with Gasteiger partial charge in [0.25, 0.3) is 0 Å². The van der Waals surface area contributed by atoms with Gasteiger partial charge in [-0.2, -0.15) is 0 Å². The average molecular weight is 108 g/mol. The van der Waals surface area contributed by atoms with Gasteiger partial charge in [0.2, 0.25) is 0 Å². The van der Waals surface area contributed by atoms with E-state index in [-0.39, 0.29) is 36.0 Å². The van der Waals surface area contributed by atoms with Crippen molar-refractivity contribution in [2.24, 2.45) is 0 Å². The second-order valence-corrected chi connectivity index (χ2v) is 0.865. The van der Waals surface area contributed by atoms with E-state index in [9.17, 15) is 9.90 Å². The Morgan fingerprint density at radius 1 is 1.86 bits per heavy atom. The summed E-state index contributed by atoms with van der Waals surface area (Å²) in [5.41, 5.74) is 0. The van der Waals surface area contributed by atoms with E-state index >= 15 is 0 Å². The molecule has 0 radical (unpaired) electrons. The van der Waals surface area contributed by atoms with Gasteiger partial charge in [-0.05, 0) is 0 Å². The van der Waals surface area contributed by atoms with Crippen molar-refractivity contribution < 1.29 is 39.5 Å². The van der Waals surface area contributed by atoms with Gasteiger partial charge in [0, 0.05) is 12.4 Å². The second kappa shape index (κ2) is 6.21. The standard InChI is InChI=1S/C4H6O2.Na/c1-2-3-4(5)6;/h2H,1,3H2,(H,5,6);/q;+1/p-1. The van der Waals surface area contributed by atoms with E-state index in [1.54, 1.807) is 0 Å². The molecular weight excluding hydrogens is 103 g/mol. The molecule has 7 heavy (non-hydrogen) atoms. The molecule has 0 bridgehead atoms. The summed E-state index contributed by atoms with van der Waals surface area (Å²) < 4.78 is 0. The van der Waals surface area contributed by atoms with Gasteiger partial charge in [-0.25, -0.2) is 0 Å². The third-order valence-corrected chi connectivity index (χ3v) is 0.311. The summed E-state index contributed by atoms with van der Waals surface area (Å²) in [6, 6.07) is 0. The van der Waals surface area contributed by atoms with Crippen molar-refractivity contribution in [3.8, 4) is 0 Å². The van der Waals surface area contributed by atoms with Crippen LogP contribution >= 0.6 is 0 Å². The maximum Gasteiger partial charge on any atom is 1.00 e. The molecular formula is C4H5NaO2. The number of carboxylic acids is 1. The van der Waals surface area contributed by atoms with Gasteiger partial charge in [-0.1, -0.05) is 6.08 Å². The molecule has 0 amide bonds. The zero-order valence-electron chi connectivity index (χ0n) is 4.31. The molecule has 0 spiro atoms. The van der Waals surface area contributed by atoms with Crippen LogP contribution in [0.15, 0.2) is 12.7 Å². The van der Waals surface area contributed by atoms with E-state index in [1.165, 1.54) is 6.08 Å². The first-order valence-electron chi connectivity index (χ1n) is 1.58. The van der Waals surface area contributed by atoms with Gasteiger partial charge in [-0.3, -0.25) is 0 Å². The zero-order chi connectivity index (χ0) is 4.99. The van der Waals surface area contributed by atoms with Gasteiger partial charge in [0.05, 0.1) is 0 Å². The fourth-order valence-electron chi connectivity index (χ4n) is 0.118. The minimum Gasteiger partial charge on any atom is -0.550 e. The first-order chi connectivity index (χ1) is 2.77. The molecule has 0 aromatic heterocycles. The van der Waals surface area contributed by atoms with Crippen LogP contribution in [0, 0.1) is 0 Å². The number of rotatable bonds is 2. The third-order valence-electron chi connectivity index (χ3n) is 0.311. The molecule has 0 N–H and O–H groups in total. The fourth-order valence-corrected chi connectivity index (χ4v) is 0.118. The Hall–Kier alpha value is 0.210. The Kier molecular flexibility index (Phi) is 9.09. The number of aliphatic carboxylic acids is 1. The van der Waals surface area contributed by atoms with Crippen molar-refractivity contribution in [3.05, 3.63) is 12.7 Å². The van der Waals surface area contributed by atoms with E-state index in [2.05, 4.69) is 6.58 Å². The van der Waals surface area contributed by atoms with Crippen molar-refractivity contribution in [1.29, 1.82) is 0 Å². The van der Waals surface area contributed by atoms with Gasteiger partial charge in [-0.15, -0.1) is 6.58 Å². The van der Waals surface area contributed by atoms with Crippen LogP contribution < -0.4 is 34.7 Å². The third kappa shape index (κ3) is 10.7. The first kappa shape index (κ1) is 10.2. The molecule has 0 aliphatic heterocycles. The predicted octanol–water partition coefficient (Wildman–Crippen LogP) is -3.68. The van der Waals surface area contributed by atoms with Gasteiger partial charge < -0.3 is 9.90 Å². The fraction of sp³-hybridized carbons (Fsp3) is 0.250. The van der Waals surface area contributed by atoms with Crippen molar-refractivity contribution in [2.45, 2.75) is 6.42 Å². The van der Waals surface area contributed by atoms with Gasteiger partial charge >= 0.3 is 29.6 Å². The Bertz CT molecular complexity index is 70.1. The summed E-state index contributed by atoms with van der Waals surface area (Å²) in [4.78, 5) is 9.42. The Morgan fingerprint density at radius 3 is 2.29 bits per heavy atom.